The number of aliphatic hydroxyl groups is 4. The Bertz CT molecular complexity index is 735. The van der Waals surface area contributed by atoms with Gasteiger partial charge in [0.1, 0.15) is 24.9 Å². The van der Waals surface area contributed by atoms with Crippen molar-refractivity contribution >= 4 is 11.8 Å². The van der Waals surface area contributed by atoms with E-state index in [-0.39, 0.29) is 24.6 Å². The lowest BCUT2D eigenvalue weighted by Gasteiger charge is -2.47. The highest BCUT2D eigenvalue weighted by Crippen LogP contribution is 2.63. The Morgan fingerprint density at radius 2 is 2.11 bits per heavy atom. The minimum absolute atomic E-state index is 0.0750. The topological polar surface area (TPSA) is 163 Å². The number of ether oxygens (including phenoxy) is 2. The molecule has 1 heterocycles. The van der Waals surface area contributed by atoms with Gasteiger partial charge in [-0.3, -0.25) is 4.79 Å². The van der Waals surface area contributed by atoms with E-state index in [4.69, 9.17) is 15.2 Å². The molecule has 0 amide bonds. The molecule has 1 saturated heterocycles. The van der Waals surface area contributed by atoms with E-state index in [2.05, 4.69) is 6.58 Å². The first-order valence-electron chi connectivity index (χ1n) is 9.23. The second-order valence-electron chi connectivity index (χ2n) is 8.09. The minimum atomic E-state index is -1.80. The Labute approximate surface area is 162 Å². The van der Waals surface area contributed by atoms with Crippen molar-refractivity contribution in [3.63, 3.8) is 0 Å². The highest BCUT2D eigenvalue weighted by molar-refractivity contribution is 6.05. The van der Waals surface area contributed by atoms with Gasteiger partial charge >= 0.3 is 5.97 Å². The maximum absolute atomic E-state index is 12.8. The summed E-state index contributed by atoms with van der Waals surface area (Å²) in [6.45, 7) is 6.92. The van der Waals surface area contributed by atoms with Crippen molar-refractivity contribution in [1.82, 2.24) is 0 Å². The molecular formula is C19H27NO8. The second kappa shape index (κ2) is 7.01. The van der Waals surface area contributed by atoms with Crippen LogP contribution in [0.3, 0.4) is 0 Å². The maximum Gasteiger partial charge on any atom is 0.338 e. The number of nitrogens with two attached hydrogens (primary N) is 1. The molecule has 8 atom stereocenters. The number of aliphatic hydroxyl groups excluding tert-OH is 4. The standard InChI is InChI=1S/C19H27NO8/c1-8-4-11(21)14(24)10-5-13(23)19(17(28-19)18(8,10)3)9(2)7-27-16(26)15(25)12(22)6-20/h5,8,11-12,14-15,17,21-22,24-25H,2,4,6-7,20H2,1,3H3/t8-,11-,12+,14-,15+,17+,18-,19+/m0/s1. The average molecular weight is 397 g/mol. The number of rotatable bonds is 6. The molecule has 0 aromatic carbocycles. The van der Waals surface area contributed by atoms with Crippen molar-refractivity contribution in [3.8, 4) is 0 Å². The van der Waals surface area contributed by atoms with Crippen LogP contribution in [-0.2, 0) is 19.1 Å². The number of hydrogen-bond acceptors (Lipinski definition) is 9. The molecule has 2 aliphatic carbocycles. The molecule has 0 aromatic heterocycles. The molecule has 3 aliphatic rings. The van der Waals surface area contributed by atoms with Crippen LogP contribution in [0.15, 0.2) is 23.8 Å². The lowest BCUT2D eigenvalue weighted by molar-refractivity contribution is -0.158. The van der Waals surface area contributed by atoms with E-state index >= 15 is 0 Å². The predicted octanol–water partition coefficient (Wildman–Crippen LogP) is -1.82. The van der Waals surface area contributed by atoms with Crippen LogP contribution in [0.25, 0.3) is 0 Å². The zero-order valence-electron chi connectivity index (χ0n) is 15.9. The fraction of sp³-hybridized carbons (Fsp3) is 0.684. The van der Waals surface area contributed by atoms with Crippen molar-refractivity contribution in [2.75, 3.05) is 13.2 Å². The molecule has 1 aliphatic heterocycles. The van der Waals surface area contributed by atoms with Gasteiger partial charge in [0, 0.05) is 17.5 Å². The van der Waals surface area contributed by atoms with Gasteiger partial charge in [0.2, 0.25) is 0 Å². The van der Waals surface area contributed by atoms with Gasteiger partial charge in [-0.2, -0.15) is 0 Å². The van der Waals surface area contributed by atoms with Crippen LogP contribution in [0.5, 0.6) is 0 Å². The lowest BCUT2D eigenvalue weighted by Crippen LogP contribution is -2.54. The summed E-state index contributed by atoms with van der Waals surface area (Å²) in [6, 6.07) is 0. The molecule has 9 heteroatoms. The van der Waals surface area contributed by atoms with E-state index < -0.39 is 53.3 Å². The van der Waals surface area contributed by atoms with Gasteiger partial charge < -0.3 is 35.6 Å². The molecule has 3 rings (SSSR count). The zero-order valence-corrected chi connectivity index (χ0v) is 15.9. The summed E-state index contributed by atoms with van der Waals surface area (Å²) in [6.07, 6.45) is -4.31. The average Bonchev–Trinajstić information content (AvgIpc) is 3.44. The fourth-order valence-electron chi connectivity index (χ4n) is 4.41. The van der Waals surface area contributed by atoms with E-state index in [0.717, 1.165) is 0 Å². The lowest BCUT2D eigenvalue weighted by atomic mass is 9.56. The number of epoxide rings is 1. The normalized spacial score (nSPS) is 41.2. The first-order chi connectivity index (χ1) is 13.0. The number of fused-ring (bicyclic) bond motifs is 3. The third kappa shape index (κ3) is 2.85. The van der Waals surface area contributed by atoms with Crippen molar-refractivity contribution in [3.05, 3.63) is 23.8 Å². The highest BCUT2D eigenvalue weighted by Gasteiger charge is 2.74. The molecule has 6 N–H and O–H groups in total. The molecule has 9 nitrogen and oxygen atoms in total. The van der Waals surface area contributed by atoms with E-state index in [1.807, 2.05) is 13.8 Å². The number of ketones is 1. The van der Waals surface area contributed by atoms with Crippen molar-refractivity contribution in [1.29, 1.82) is 0 Å². The van der Waals surface area contributed by atoms with Crippen molar-refractivity contribution in [2.24, 2.45) is 17.1 Å². The Balaban J connectivity index is 1.78. The van der Waals surface area contributed by atoms with E-state index in [1.54, 1.807) is 0 Å². The van der Waals surface area contributed by atoms with E-state index in [9.17, 15) is 30.0 Å². The zero-order chi connectivity index (χ0) is 21.0. The third-order valence-corrected chi connectivity index (χ3v) is 6.50. The Morgan fingerprint density at radius 1 is 1.46 bits per heavy atom. The van der Waals surface area contributed by atoms with Crippen LogP contribution in [-0.4, -0.2) is 81.5 Å². The summed E-state index contributed by atoms with van der Waals surface area (Å²) in [7, 11) is 0. The Hall–Kier alpha value is -1.62. The van der Waals surface area contributed by atoms with Crippen molar-refractivity contribution < 1.29 is 39.5 Å². The molecule has 2 fully saturated rings. The van der Waals surface area contributed by atoms with Gasteiger partial charge in [0.25, 0.3) is 0 Å². The van der Waals surface area contributed by atoms with Crippen LogP contribution in [0, 0.1) is 11.3 Å². The summed E-state index contributed by atoms with van der Waals surface area (Å²) in [4.78, 5) is 24.6. The largest absolute Gasteiger partial charge is 0.459 e. The van der Waals surface area contributed by atoms with Crippen LogP contribution in [0.2, 0.25) is 0 Å². The molecule has 0 unspecified atom stereocenters. The quantitative estimate of drug-likeness (QED) is 0.197. The maximum atomic E-state index is 12.8. The first-order valence-corrected chi connectivity index (χ1v) is 9.23. The fourth-order valence-corrected chi connectivity index (χ4v) is 4.41. The van der Waals surface area contributed by atoms with Gasteiger partial charge in [-0.1, -0.05) is 20.4 Å². The van der Waals surface area contributed by atoms with Gasteiger partial charge in [0.15, 0.2) is 17.5 Å². The second-order valence-corrected chi connectivity index (χ2v) is 8.09. The SMILES string of the molecule is C=C(COC(=O)[C@H](O)[C@H](O)CN)[C@]12O[C@@H]1[C@]1(C)C(=CC2=O)[C@H](O)[C@@H](O)C[C@@H]1C. The third-order valence-electron chi connectivity index (χ3n) is 6.50. The van der Waals surface area contributed by atoms with E-state index in [0.29, 0.717) is 12.0 Å². The summed E-state index contributed by atoms with van der Waals surface area (Å²) in [5.41, 5.74) is 3.78. The number of carbonyl (C=O) groups excluding carboxylic acids is 2. The molecule has 1 saturated carbocycles. The van der Waals surface area contributed by atoms with Gasteiger partial charge in [-0.25, -0.2) is 4.79 Å². The monoisotopic (exact) mass is 397 g/mol. The van der Waals surface area contributed by atoms with Gasteiger partial charge in [-0.05, 0) is 24.0 Å². The summed E-state index contributed by atoms with van der Waals surface area (Å²) in [5.74, 6) is -1.59. The molecule has 0 bridgehead atoms. The summed E-state index contributed by atoms with van der Waals surface area (Å²) in [5, 5.41) is 39.5. The Kier molecular flexibility index (Phi) is 5.28. The van der Waals surface area contributed by atoms with Crippen LogP contribution in [0.1, 0.15) is 20.3 Å². The van der Waals surface area contributed by atoms with Crippen LogP contribution >= 0.6 is 0 Å². The van der Waals surface area contributed by atoms with Gasteiger partial charge in [0.05, 0.1) is 6.10 Å². The minimum Gasteiger partial charge on any atom is -0.459 e. The summed E-state index contributed by atoms with van der Waals surface area (Å²) < 4.78 is 10.8. The van der Waals surface area contributed by atoms with Crippen LogP contribution < -0.4 is 5.73 Å². The molecule has 0 aromatic rings. The van der Waals surface area contributed by atoms with Crippen LogP contribution in [0.4, 0.5) is 0 Å². The number of esters is 1. The Morgan fingerprint density at radius 3 is 2.71 bits per heavy atom. The molecule has 156 valence electrons. The van der Waals surface area contributed by atoms with Gasteiger partial charge in [-0.15, -0.1) is 0 Å². The first kappa shape index (κ1) is 21.1. The number of hydrogen-bond donors (Lipinski definition) is 5. The van der Waals surface area contributed by atoms with Crippen molar-refractivity contribution in [2.45, 2.75) is 56.4 Å². The number of carbonyl (C=O) groups is 2. The smallest absolute Gasteiger partial charge is 0.338 e. The van der Waals surface area contributed by atoms with E-state index in [1.165, 1.54) is 6.08 Å². The highest BCUT2D eigenvalue weighted by atomic mass is 16.6. The molecular weight excluding hydrogens is 370 g/mol. The molecule has 0 spiro atoms. The predicted molar refractivity (Wildman–Crippen MR) is 95.8 cm³/mol. The molecule has 0 radical (unpaired) electrons. The molecule has 28 heavy (non-hydrogen) atoms. The summed E-state index contributed by atoms with van der Waals surface area (Å²) >= 11 is 0.